The summed E-state index contributed by atoms with van der Waals surface area (Å²) in [7, 11) is -3.65. The summed E-state index contributed by atoms with van der Waals surface area (Å²) >= 11 is 1.10. The molecule has 20 heavy (non-hydrogen) atoms. The molecule has 0 spiro atoms. The Balaban J connectivity index is 1.88. The zero-order chi connectivity index (χ0) is 14.6. The molecule has 0 aliphatic rings. The van der Waals surface area contributed by atoms with Crippen molar-refractivity contribution in [2.45, 2.75) is 10.6 Å². The van der Waals surface area contributed by atoms with Crippen molar-refractivity contribution in [3.8, 4) is 0 Å². The van der Waals surface area contributed by atoms with Gasteiger partial charge in [0.15, 0.2) is 0 Å². The van der Waals surface area contributed by atoms with E-state index in [1.54, 1.807) is 6.07 Å². The Labute approximate surface area is 119 Å². The molecular weight excluding hydrogens is 300 g/mol. The number of nitrogens with one attached hydrogen (secondary N) is 1. The van der Waals surface area contributed by atoms with E-state index in [1.807, 2.05) is 0 Å². The molecule has 0 unspecified atom stereocenters. The minimum Gasteiger partial charge on any atom is -0.352 e. The highest BCUT2D eigenvalue weighted by Crippen LogP contribution is 2.20. The molecule has 0 aromatic carbocycles. The van der Waals surface area contributed by atoms with Crippen LogP contribution in [0.4, 0.5) is 0 Å². The molecule has 0 aliphatic heterocycles. The second kappa shape index (κ2) is 6.07. The number of rotatable bonds is 5. The van der Waals surface area contributed by atoms with Gasteiger partial charge in [-0.2, -0.15) is 0 Å². The van der Waals surface area contributed by atoms with Gasteiger partial charge in [-0.15, -0.1) is 11.3 Å². The monoisotopic (exact) mass is 312 g/mol. The lowest BCUT2D eigenvalue weighted by atomic mass is 10.3. The Morgan fingerprint density at radius 2 is 2.00 bits per heavy atom. The molecule has 2 heterocycles. The fraction of sp³-hybridized carbons (Fsp3) is 0.182. The number of carbonyl (C=O) groups excluding carboxylic acids is 1. The van der Waals surface area contributed by atoms with Crippen LogP contribution in [-0.4, -0.2) is 30.8 Å². The van der Waals surface area contributed by atoms with Crippen LogP contribution in [0.2, 0.25) is 0 Å². The number of amides is 1. The molecule has 7 nitrogen and oxygen atoms in total. The van der Waals surface area contributed by atoms with Gasteiger partial charge in [0.05, 0.1) is 5.56 Å². The maximum atomic E-state index is 11.7. The fourth-order valence-electron chi connectivity index (χ4n) is 1.46. The maximum Gasteiger partial charge on any atom is 0.254 e. The van der Waals surface area contributed by atoms with Gasteiger partial charge in [-0.25, -0.2) is 23.5 Å². The highest BCUT2D eigenvalue weighted by Gasteiger charge is 2.11. The van der Waals surface area contributed by atoms with Crippen LogP contribution in [0.5, 0.6) is 0 Å². The average Bonchev–Trinajstić information content (AvgIpc) is 2.88. The van der Waals surface area contributed by atoms with Crippen LogP contribution >= 0.6 is 11.3 Å². The van der Waals surface area contributed by atoms with Crippen LogP contribution in [0.3, 0.4) is 0 Å². The van der Waals surface area contributed by atoms with E-state index in [4.69, 9.17) is 5.14 Å². The van der Waals surface area contributed by atoms with Gasteiger partial charge in [0.25, 0.3) is 5.91 Å². The molecular formula is C11H12N4O3S2. The predicted octanol–water partition coefficient (Wildman–Crippen LogP) is 0.158. The van der Waals surface area contributed by atoms with Gasteiger partial charge in [0, 0.05) is 23.8 Å². The lowest BCUT2D eigenvalue weighted by Gasteiger charge is -2.03. The summed E-state index contributed by atoms with van der Waals surface area (Å²) in [6, 6.07) is 3.14. The summed E-state index contributed by atoms with van der Waals surface area (Å²) in [5.41, 5.74) is 0.379. The van der Waals surface area contributed by atoms with E-state index >= 15 is 0 Å². The largest absolute Gasteiger partial charge is 0.352 e. The van der Waals surface area contributed by atoms with E-state index in [-0.39, 0.29) is 10.1 Å². The number of aromatic nitrogens is 2. The molecule has 0 atom stereocenters. The molecule has 0 saturated heterocycles. The van der Waals surface area contributed by atoms with Gasteiger partial charge in [-0.1, -0.05) is 0 Å². The van der Waals surface area contributed by atoms with E-state index in [1.165, 1.54) is 24.8 Å². The normalized spacial score (nSPS) is 11.2. The SMILES string of the molecule is NS(=O)(=O)c1ccc(CCNC(=O)c2cncnc2)s1. The number of hydrogen-bond acceptors (Lipinski definition) is 6. The highest BCUT2D eigenvalue weighted by molar-refractivity contribution is 7.91. The van der Waals surface area contributed by atoms with Crippen LogP contribution in [0.15, 0.2) is 35.1 Å². The molecule has 0 bridgehead atoms. The lowest BCUT2D eigenvalue weighted by Crippen LogP contribution is -2.25. The number of hydrogen-bond donors (Lipinski definition) is 2. The number of nitrogens with zero attached hydrogens (tertiary/aromatic N) is 2. The molecule has 1 amide bonds. The first-order valence-corrected chi connectivity index (χ1v) is 7.98. The summed E-state index contributed by atoms with van der Waals surface area (Å²) in [6.07, 6.45) is 4.72. The van der Waals surface area contributed by atoms with Crippen molar-refractivity contribution in [1.82, 2.24) is 15.3 Å². The van der Waals surface area contributed by atoms with Gasteiger partial charge >= 0.3 is 0 Å². The minimum absolute atomic E-state index is 0.121. The number of thiophene rings is 1. The number of primary sulfonamides is 1. The number of carbonyl (C=O) groups is 1. The standard InChI is InChI=1S/C11H12N4O3S2/c12-20(17,18)10-2-1-9(19-10)3-4-15-11(16)8-5-13-7-14-6-8/h1-2,5-7H,3-4H2,(H,15,16)(H2,12,17,18). The summed E-state index contributed by atoms with van der Waals surface area (Å²) in [5.74, 6) is -0.270. The summed E-state index contributed by atoms with van der Waals surface area (Å²) < 4.78 is 22.4. The Hall–Kier alpha value is -1.84. The van der Waals surface area contributed by atoms with E-state index in [0.29, 0.717) is 18.5 Å². The van der Waals surface area contributed by atoms with Gasteiger partial charge in [-0.3, -0.25) is 4.79 Å². The molecule has 0 aliphatic carbocycles. The Morgan fingerprint density at radius 3 is 2.60 bits per heavy atom. The van der Waals surface area contributed by atoms with Crippen molar-refractivity contribution in [2.75, 3.05) is 6.54 Å². The number of nitrogens with two attached hydrogens (primary N) is 1. The highest BCUT2D eigenvalue weighted by atomic mass is 32.2. The first-order chi connectivity index (χ1) is 9.47. The molecule has 2 aromatic heterocycles. The third kappa shape index (κ3) is 3.83. The van der Waals surface area contributed by atoms with Crippen molar-refractivity contribution in [1.29, 1.82) is 0 Å². The molecule has 106 valence electrons. The topological polar surface area (TPSA) is 115 Å². The van der Waals surface area contributed by atoms with E-state index in [2.05, 4.69) is 15.3 Å². The first-order valence-electron chi connectivity index (χ1n) is 5.61. The quantitative estimate of drug-likeness (QED) is 0.816. The summed E-state index contributed by atoms with van der Waals surface area (Å²) in [6.45, 7) is 0.387. The van der Waals surface area contributed by atoms with E-state index in [0.717, 1.165) is 16.2 Å². The van der Waals surface area contributed by atoms with Crippen molar-refractivity contribution in [3.05, 3.63) is 41.3 Å². The van der Waals surface area contributed by atoms with Crippen molar-refractivity contribution >= 4 is 27.3 Å². The van der Waals surface area contributed by atoms with Crippen LogP contribution in [0.25, 0.3) is 0 Å². The van der Waals surface area contributed by atoms with Crippen LogP contribution in [0.1, 0.15) is 15.2 Å². The zero-order valence-corrected chi connectivity index (χ0v) is 11.9. The van der Waals surface area contributed by atoms with E-state index in [9.17, 15) is 13.2 Å². The number of sulfonamides is 1. The molecule has 0 fully saturated rings. The molecule has 9 heteroatoms. The van der Waals surface area contributed by atoms with Crippen LogP contribution in [0, 0.1) is 0 Å². The smallest absolute Gasteiger partial charge is 0.254 e. The van der Waals surface area contributed by atoms with Gasteiger partial charge in [0.2, 0.25) is 10.0 Å². The second-order valence-corrected chi connectivity index (χ2v) is 6.86. The van der Waals surface area contributed by atoms with Gasteiger partial charge < -0.3 is 5.32 Å². The van der Waals surface area contributed by atoms with E-state index < -0.39 is 10.0 Å². The van der Waals surface area contributed by atoms with Crippen molar-refractivity contribution in [3.63, 3.8) is 0 Å². The molecule has 3 N–H and O–H groups in total. The van der Waals surface area contributed by atoms with Gasteiger partial charge in [0.1, 0.15) is 10.5 Å². The van der Waals surface area contributed by atoms with Crippen LogP contribution in [-0.2, 0) is 16.4 Å². The molecule has 2 aromatic rings. The Kier molecular flexibility index (Phi) is 4.42. The predicted molar refractivity (Wildman–Crippen MR) is 73.8 cm³/mol. The molecule has 2 rings (SSSR count). The Bertz CT molecular complexity index is 697. The zero-order valence-electron chi connectivity index (χ0n) is 10.3. The van der Waals surface area contributed by atoms with Crippen molar-refractivity contribution in [2.24, 2.45) is 5.14 Å². The molecule has 0 saturated carbocycles. The minimum atomic E-state index is -3.65. The maximum absolute atomic E-state index is 11.7. The summed E-state index contributed by atoms with van der Waals surface area (Å²) in [4.78, 5) is 20.0. The van der Waals surface area contributed by atoms with Gasteiger partial charge in [-0.05, 0) is 18.6 Å². The third-order valence-corrected chi connectivity index (χ3v) is 4.98. The summed E-state index contributed by atoms with van der Waals surface area (Å²) in [5, 5.41) is 7.72. The molecule has 0 radical (unpaired) electrons. The lowest BCUT2D eigenvalue weighted by molar-refractivity contribution is 0.0953. The Morgan fingerprint density at radius 1 is 1.30 bits per heavy atom. The van der Waals surface area contributed by atoms with Crippen molar-refractivity contribution < 1.29 is 13.2 Å². The average molecular weight is 312 g/mol. The fourth-order valence-corrected chi connectivity index (χ4v) is 3.24. The first kappa shape index (κ1) is 14.6. The third-order valence-electron chi connectivity index (χ3n) is 2.40. The second-order valence-electron chi connectivity index (χ2n) is 3.90. The van der Waals surface area contributed by atoms with Crippen LogP contribution < -0.4 is 10.5 Å².